The van der Waals surface area contributed by atoms with Gasteiger partial charge in [0.1, 0.15) is 18.3 Å². The van der Waals surface area contributed by atoms with Gasteiger partial charge in [-0.15, -0.1) is 0 Å². The molecule has 2 fully saturated rings. The van der Waals surface area contributed by atoms with Crippen molar-refractivity contribution >= 4 is 11.9 Å². The van der Waals surface area contributed by atoms with Crippen LogP contribution in [0.2, 0.25) is 0 Å². The number of urea groups is 1. The van der Waals surface area contributed by atoms with Gasteiger partial charge >= 0.3 is 6.03 Å². The molecule has 2 aliphatic heterocycles. The monoisotopic (exact) mass is 218 g/mol. The minimum absolute atomic E-state index is 0.566. The van der Waals surface area contributed by atoms with Crippen LogP contribution in [-0.2, 0) is 9.53 Å². The van der Waals surface area contributed by atoms with Crippen LogP contribution in [0.15, 0.2) is 0 Å². The third kappa shape index (κ3) is 1.23. The molecule has 2 saturated heterocycles. The van der Waals surface area contributed by atoms with Crippen molar-refractivity contribution < 1.29 is 29.6 Å². The second-order valence-electron chi connectivity index (χ2n) is 3.42. The summed E-state index contributed by atoms with van der Waals surface area (Å²) >= 11 is 0. The quantitative estimate of drug-likeness (QED) is 0.292. The van der Waals surface area contributed by atoms with E-state index in [1.165, 1.54) is 0 Å². The molecule has 0 aliphatic carbocycles. The highest BCUT2D eigenvalue weighted by atomic mass is 16.6. The minimum Gasteiger partial charge on any atom is -0.394 e. The summed E-state index contributed by atoms with van der Waals surface area (Å²) in [5.41, 5.74) is -1.98. The summed E-state index contributed by atoms with van der Waals surface area (Å²) in [6, 6.07) is -0.815. The molecule has 1 spiro atoms. The van der Waals surface area contributed by atoms with Gasteiger partial charge in [-0.1, -0.05) is 0 Å². The largest absolute Gasteiger partial charge is 0.394 e. The van der Waals surface area contributed by atoms with Crippen LogP contribution in [0.25, 0.3) is 0 Å². The first-order valence-electron chi connectivity index (χ1n) is 4.29. The Hall–Kier alpha value is -1.22. The zero-order valence-electron chi connectivity index (χ0n) is 7.51. The summed E-state index contributed by atoms with van der Waals surface area (Å²) in [5, 5.41) is 31.8. The normalized spacial score (nSPS) is 44.6. The lowest BCUT2D eigenvalue weighted by Gasteiger charge is -2.22. The maximum absolute atomic E-state index is 11.4. The fourth-order valence-electron chi connectivity index (χ4n) is 1.71. The van der Waals surface area contributed by atoms with E-state index in [0.717, 1.165) is 0 Å². The molecule has 0 bridgehead atoms. The number of hydrogen-bond acceptors (Lipinski definition) is 6. The molecule has 8 nitrogen and oxygen atoms in total. The number of imide groups is 1. The molecule has 2 heterocycles. The summed E-state index contributed by atoms with van der Waals surface area (Å²) in [6.45, 7) is -0.566. The Morgan fingerprint density at radius 2 is 2.07 bits per heavy atom. The van der Waals surface area contributed by atoms with Crippen molar-refractivity contribution in [1.82, 2.24) is 10.6 Å². The molecular weight excluding hydrogens is 208 g/mol. The van der Waals surface area contributed by atoms with Crippen molar-refractivity contribution in [2.75, 3.05) is 6.61 Å². The number of carbonyl (C=O) groups is 2. The van der Waals surface area contributed by atoms with Crippen LogP contribution in [-0.4, -0.2) is 57.9 Å². The topological polar surface area (TPSA) is 128 Å². The number of aliphatic hydroxyl groups excluding tert-OH is 3. The molecule has 0 saturated carbocycles. The summed E-state index contributed by atoms with van der Waals surface area (Å²) in [4.78, 5) is 22.2. The smallest absolute Gasteiger partial charge is 0.324 e. The lowest BCUT2D eigenvalue weighted by Crippen LogP contribution is -2.56. The highest BCUT2D eigenvalue weighted by Gasteiger charge is 2.63. The van der Waals surface area contributed by atoms with E-state index < -0.39 is 42.6 Å². The molecule has 0 radical (unpaired) electrons. The Labute approximate surface area is 83.8 Å². The standard InChI is InChI=1S/C7H10N2O6/c10-1-2-3(11)4(12)7(15-2)5(13)8-6(14)9-7/h2-4,10-12H,1H2,(H2,8,9,13,14)/t2-,3-,4+,7-/m1/s1. The van der Waals surface area contributed by atoms with E-state index in [1.54, 1.807) is 0 Å². The molecule has 5 N–H and O–H groups in total. The van der Waals surface area contributed by atoms with E-state index in [4.69, 9.17) is 9.84 Å². The van der Waals surface area contributed by atoms with Gasteiger partial charge in [-0.25, -0.2) is 4.79 Å². The third-order valence-electron chi connectivity index (χ3n) is 2.50. The lowest BCUT2D eigenvalue weighted by molar-refractivity contribution is -0.153. The van der Waals surface area contributed by atoms with Crippen LogP contribution in [0, 0.1) is 0 Å². The van der Waals surface area contributed by atoms with Crippen molar-refractivity contribution in [3.8, 4) is 0 Å². The molecule has 3 amide bonds. The van der Waals surface area contributed by atoms with Gasteiger partial charge in [0.25, 0.3) is 11.6 Å². The van der Waals surface area contributed by atoms with Crippen LogP contribution >= 0.6 is 0 Å². The van der Waals surface area contributed by atoms with Crippen LogP contribution in [0.1, 0.15) is 0 Å². The van der Waals surface area contributed by atoms with Crippen molar-refractivity contribution in [2.45, 2.75) is 24.0 Å². The molecule has 8 heteroatoms. The SMILES string of the molecule is O=C1NC(=O)[C@]2(N1)O[C@H](CO)[C@@H](O)[C@@H]2O. The van der Waals surface area contributed by atoms with Crippen LogP contribution < -0.4 is 10.6 Å². The maximum atomic E-state index is 11.4. The highest BCUT2D eigenvalue weighted by Crippen LogP contribution is 2.31. The summed E-state index contributed by atoms with van der Waals surface area (Å²) in [6.07, 6.45) is -4.15. The van der Waals surface area contributed by atoms with E-state index in [-0.39, 0.29) is 0 Å². The Morgan fingerprint density at radius 1 is 1.40 bits per heavy atom. The van der Waals surface area contributed by atoms with Gasteiger partial charge in [0, 0.05) is 0 Å². The molecule has 0 aromatic heterocycles. The van der Waals surface area contributed by atoms with Gasteiger partial charge in [0.2, 0.25) is 0 Å². The second-order valence-corrected chi connectivity index (χ2v) is 3.42. The lowest BCUT2D eigenvalue weighted by atomic mass is 10.0. The van der Waals surface area contributed by atoms with E-state index in [9.17, 15) is 19.8 Å². The molecule has 4 atom stereocenters. The Balaban J connectivity index is 2.30. The fraction of sp³-hybridized carbons (Fsp3) is 0.714. The first-order valence-corrected chi connectivity index (χ1v) is 4.29. The van der Waals surface area contributed by atoms with E-state index in [0.29, 0.717) is 0 Å². The van der Waals surface area contributed by atoms with Gasteiger partial charge in [-0.2, -0.15) is 0 Å². The average Bonchev–Trinajstić information content (AvgIpc) is 2.60. The second kappa shape index (κ2) is 3.14. The van der Waals surface area contributed by atoms with Gasteiger partial charge in [-0.3, -0.25) is 15.4 Å². The molecule has 15 heavy (non-hydrogen) atoms. The van der Waals surface area contributed by atoms with Gasteiger partial charge in [0.05, 0.1) is 6.61 Å². The molecule has 2 rings (SSSR count). The van der Waals surface area contributed by atoms with E-state index in [1.807, 2.05) is 5.32 Å². The number of rotatable bonds is 1. The Kier molecular flexibility index (Phi) is 2.15. The number of hydrogen-bond donors (Lipinski definition) is 5. The molecule has 84 valence electrons. The molecule has 2 aliphatic rings. The predicted molar refractivity (Wildman–Crippen MR) is 43.4 cm³/mol. The number of nitrogens with one attached hydrogen (secondary N) is 2. The summed E-state index contributed by atoms with van der Waals surface area (Å²) in [5.74, 6) is -0.880. The van der Waals surface area contributed by atoms with Crippen molar-refractivity contribution in [3.05, 3.63) is 0 Å². The first-order chi connectivity index (χ1) is 7.01. The predicted octanol–water partition coefficient (Wildman–Crippen LogP) is -3.36. The number of aliphatic hydroxyl groups is 3. The van der Waals surface area contributed by atoms with E-state index >= 15 is 0 Å². The van der Waals surface area contributed by atoms with Crippen LogP contribution in [0.5, 0.6) is 0 Å². The Morgan fingerprint density at radius 3 is 2.47 bits per heavy atom. The zero-order chi connectivity index (χ0) is 11.2. The minimum atomic E-state index is -1.98. The Bertz CT molecular complexity index is 321. The molecule has 0 unspecified atom stereocenters. The van der Waals surface area contributed by atoms with E-state index in [2.05, 4.69) is 5.32 Å². The molecule has 0 aromatic carbocycles. The number of amides is 3. The van der Waals surface area contributed by atoms with Crippen LogP contribution in [0.4, 0.5) is 4.79 Å². The van der Waals surface area contributed by atoms with Crippen molar-refractivity contribution in [2.24, 2.45) is 0 Å². The molecular formula is C7H10N2O6. The third-order valence-corrected chi connectivity index (χ3v) is 2.50. The van der Waals surface area contributed by atoms with Gasteiger partial charge in [-0.05, 0) is 0 Å². The highest BCUT2D eigenvalue weighted by molar-refractivity contribution is 6.06. The molecule has 0 aromatic rings. The van der Waals surface area contributed by atoms with Crippen molar-refractivity contribution in [1.29, 1.82) is 0 Å². The average molecular weight is 218 g/mol. The first kappa shape index (κ1) is 10.3. The fourth-order valence-corrected chi connectivity index (χ4v) is 1.71. The maximum Gasteiger partial charge on any atom is 0.324 e. The summed E-state index contributed by atoms with van der Waals surface area (Å²) in [7, 11) is 0. The van der Waals surface area contributed by atoms with Gasteiger partial charge < -0.3 is 20.1 Å². The van der Waals surface area contributed by atoms with Crippen molar-refractivity contribution in [3.63, 3.8) is 0 Å². The van der Waals surface area contributed by atoms with Crippen LogP contribution in [0.3, 0.4) is 0 Å². The zero-order valence-corrected chi connectivity index (χ0v) is 7.51. The van der Waals surface area contributed by atoms with Gasteiger partial charge in [0.15, 0.2) is 0 Å². The summed E-state index contributed by atoms with van der Waals surface area (Å²) < 4.78 is 4.97. The number of carbonyl (C=O) groups excluding carboxylic acids is 2. The number of ether oxygens (including phenoxy) is 1.